The number of ether oxygens (including phenoxy) is 2. The SMILES string of the molecule is CC(C)OCCCNC(=O)c1ccn(COc2cccc(Cl)c2Cl)n1. The van der Waals surface area contributed by atoms with E-state index in [9.17, 15) is 4.79 Å². The largest absolute Gasteiger partial charge is 0.470 e. The molecule has 0 saturated heterocycles. The Hall–Kier alpha value is -1.76. The molecule has 136 valence electrons. The van der Waals surface area contributed by atoms with Gasteiger partial charge in [-0.2, -0.15) is 5.10 Å². The van der Waals surface area contributed by atoms with Gasteiger partial charge in [0.1, 0.15) is 16.5 Å². The maximum atomic E-state index is 12.0. The zero-order valence-corrected chi connectivity index (χ0v) is 15.7. The van der Waals surface area contributed by atoms with Crippen LogP contribution in [0.3, 0.4) is 0 Å². The van der Waals surface area contributed by atoms with Gasteiger partial charge in [0, 0.05) is 19.3 Å². The maximum absolute atomic E-state index is 12.0. The molecule has 25 heavy (non-hydrogen) atoms. The van der Waals surface area contributed by atoms with Gasteiger partial charge in [-0.15, -0.1) is 0 Å². The Morgan fingerprint density at radius 1 is 1.32 bits per heavy atom. The fraction of sp³-hybridized carbons (Fsp3) is 0.412. The molecule has 0 bridgehead atoms. The fourth-order valence-electron chi connectivity index (χ4n) is 1.97. The van der Waals surface area contributed by atoms with Crippen molar-refractivity contribution in [3.63, 3.8) is 0 Å². The first-order valence-electron chi connectivity index (χ1n) is 7.97. The van der Waals surface area contributed by atoms with Crippen LogP contribution in [0, 0.1) is 0 Å². The van der Waals surface area contributed by atoms with Crippen LogP contribution in [-0.4, -0.2) is 34.9 Å². The highest BCUT2D eigenvalue weighted by Gasteiger charge is 2.10. The van der Waals surface area contributed by atoms with E-state index in [1.54, 1.807) is 30.5 Å². The summed E-state index contributed by atoms with van der Waals surface area (Å²) in [5.74, 6) is 0.227. The van der Waals surface area contributed by atoms with E-state index in [4.69, 9.17) is 32.7 Å². The number of aromatic nitrogens is 2. The first kappa shape index (κ1) is 19.6. The van der Waals surface area contributed by atoms with Crippen LogP contribution in [0.4, 0.5) is 0 Å². The zero-order valence-electron chi connectivity index (χ0n) is 14.2. The van der Waals surface area contributed by atoms with Crippen LogP contribution < -0.4 is 10.1 Å². The molecule has 1 amide bonds. The number of halogens is 2. The molecule has 8 heteroatoms. The van der Waals surface area contributed by atoms with Crippen molar-refractivity contribution in [1.82, 2.24) is 15.1 Å². The summed E-state index contributed by atoms with van der Waals surface area (Å²) in [6, 6.07) is 6.77. The van der Waals surface area contributed by atoms with Crippen LogP contribution in [0.2, 0.25) is 10.0 Å². The minimum absolute atomic E-state index is 0.121. The van der Waals surface area contributed by atoms with E-state index in [-0.39, 0.29) is 18.7 Å². The second kappa shape index (κ2) is 9.65. The van der Waals surface area contributed by atoms with E-state index in [1.807, 2.05) is 13.8 Å². The van der Waals surface area contributed by atoms with Crippen LogP contribution >= 0.6 is 23.2 Å². The van der Waals surface area contributed by atoms with Crippen LogP contribution in [0.15, 0.2) is 30.5 Å². The van der Waals surface area contributed by atoms with Gasteiger partial charge in [0.05, 0.1) is 11.1 Å². The number of rotatable bonds is 9. The van der Waals surface area contributed by atoms with Crippen LogP contribution in [0.25, 0.3) is 0 Å². The molecule has 1 aromatic carbocycles. The number of benzene rings is 1. The lowest BCUT2D eigenvalue weighted by Crippen LogP contribution is -2.26. The van der Waals surface area contributed by atoms with Crippen LogP contribution in [0.5, 0.6) is 5.75 Å². The minimum atomic E-state index is -0.232. The Bertz CT molecular complexity index is 704. The maximum Gasteiger partial charge on any atom is 0.271 e. The second-order valence-electron chi connectivity index (χ2n) is 5.59. The number of nitrogens with one attached hydrogen (secondary N) is 1. The molecule has 0 aliphatic carbocycles. The first-order valence-corrected chi connectivity index (χ1v) is 8.73. The molecule has 0 aliphatic rings. The lowest BCUT2D eigenvalue weighted by molar-refractivity contribution is 0.0756. The van der Waals surface area contributed by atoms with E-state index in [0.29, 0.717) is 34.6 Å². The minimum Gasteiger partial charge on any atom is -0.470 e. The molecule has 0 saturated carbocycles. The fourth-order valence-corrected chi connectivity index (χ4v) is 2.32. The molecule has 0 spiro atoms. The summed E-state index contributed by atoms with van der Waals surface area (Å²) in [5.41, 5.74) is 0.325. The number of carbonyl (C=O) groups excluding carboxylic acids is 1. The Labute approximate surface area is 157 Å². The third-order valence-corrected chi connectivity index (χ3v) is 4.00. The topological polar surface area (TPSA) is 65.4 Å². The highest BCUT2D eigenvalue weighted by atomic mass is 35.5. The molecule has 1 aromatic heterocycles. The highest BCUT2D eigenvalue weighted by molar-refractivity contribution is 6.42. The lowest BCUT2D eigenvalue weighted by atomic mass is 10.3. The molecule has 0 aliphatic heterocycles. The quantitative estimate of drug-likeness (QED) is 0.667. The zero-order chi connectivity index (χ0) is 18.2. The van der Waals surface area contributed by atoms with Crippen molar-refractivity contribution in [1.29, 1.82) is 0 Å². The standard InChI is InChI=1S/C17H21Cl2N3O3/c1-12(2)24-10-4-8-20-17(23)14-7-9-22(21-14)11-25-15-6-3-5-13(18)16(15)19/h3,5-7,9,12H,4,8,10-11H2,1-2H3,(H,20,23). The smallest absolute Gasteiger partial charge is 0.271 e. The molecule has 2 rings (SSSR count). The molecule has 0 atom stereocenters. The van der Waals surface area contributed by atoms with Crippen molar-refractivity contribution >= 4 is 29.1 Å². The van der Waals surface area contributed by atoms with E-state index >= 15 is 0 Å². The van der Waals surface area contributed by atoms with Crippen LogP contribution in [0.1, 0.15) is 30.8 Å². The Morgan fingerprint density at radius 2 is 2.12 bits per heavy atom. The van der Waals surface area contributed by atoms with Gasteiger partial charge in [-0.05, 0) is 38.5 Å². The van der Waals surface area contributed by atoms with Gasteiger partial charge in [0.15, 0.2) is 6.73 Å². The van der Waals surface area contributed by atoms with Gasteiger partial charge in [0.25, 0.3) is 5.91 Å². The average molecular weight is 386 g/mol. The Balaban J connectivity index is 1.79. The van der Waals surface area contributed by atoms with E-state index < -0.39 is 0 Å². The van der Waals surface area contributed by atoms with Crippen molar-refractivity contribution in [3.05, 3.63) is 46.2 Å². The summed E-state index contributed by atoms with van der Waals surface area (Å²) < 4.78 is 12.5. The number of amides is 1. The van der Waals surface area contributed by atoms with Crippen molar-refractivity contribution in [2.24, 2.45) is 0 Å². The number of carbonyl (C=O) groups is 1. The van der Waals surface area contributed by atoms with Gasteiger partial charge in [-0.3, -0.25) is 4.79 Å². The molecule has 0 radical (unpaired) electrons. The third kappa shape index (κ3) is 6.23. The molecule has 1 heterocycles. The summed E-state index contributed by atoms with van der Waals surface area (Å²) in [6.45, 7) is 5.22. The molecule has 0 fully saturated rings. The summed E-state index contributed by atoms with van der Waals surface area (Å²) in [6.07, 6.45) is 2.61. The van der Waals surface area contributed by atoms with Crippen molar-refractivity contribution < 1.29 is 14.3 Å². The van der Waals surface area contributed by atoms with Gasteiger partial charge in [-0.25, -0.2) is 4.68 Å². The number of nitrogens with zero attached hydrogens (tertiary/aromatic N) is 2. The Morgan fingerprint density at radius 3 is 2.88 bits per heavy atom. The second-order valence-corrected chi connectivity index (χ2v) is 6.38. The summed E-state index contributed by atoms with van der Waals surface area (Å²) in [4.78, 5) is 12.0. The molecule has 0 unspecified atom stereocenters. The molecular formula is C17H21Cl2N3O3. The number of hydrogen-bond donors (Lipinski definition) is 1. The van der Waals surface area contributed by atoms with Crippen molar-refractivity contribution in [3.8, 4) is 5.75 Å². The summed E-state index contributed by atoms with van der Waals surface area (Å²) in [7, 11) is 0. The molecule has 6 nitrogen and oxygen atoms in total. The lowest BCUT2D eigenvalue weighted by Gasteiger charge is -2.09. The summed E-state index contributed by atoms with van der Waals surface area (Å²) in [5, 5.41) is 7.74. The predicted octanol–water partition coefficient (Wildman–Crippen LogP) is 3.77. The average Bonchev–Trinajstić information content (AvgIpc) is 3.04. The van der Waals surface area contributed by atoms with Gasteiger partial charge in [0.2, 0.25) is 0 Å². The summed E-state index contributed by atoms with van der Waals surface area (Å²) >= 11 is 12.0. The molecule has 1 N–H and O–H groups in total. The van der Waals surface area contributed by atoms with Gasteiger partial charge < -0.3 is 14.8 Å². The first-order chi connectivity index (χ1) is 12.0. The monoisotopic (exact) mass is 385 g/mol. The number of hydrogen-bond acceptors (Lipinski definition) is 4. The molecular weight excluding hydrogens is 365 g/mol. The van der Waals surface area contributed by atoms with E-state index in [2.05, 4.69) is 10.4 Å². The van der Waals surface area contributed by atoms with E-state index in [0.717, 1.165) is 6.42 Å². The van der Waals surface area contributed by atoms with Crippen LogP contribution in [-0.2, 0) is 11.5 Å². The Kier molecular flexibility index (Phi) is 7.55. The van der Waals surface area contributed by atoms with Crippen molar-refractivity contribution in [2.75, 3.05) is 13.2 Å². The van der Waals surface area contributed by atoms with Crippen molar-refractivity contribution in [2.45, 2.75) is 33.1 Å². The van der Waals surface area contributed by atoms with E-state index in [1.165, 1.54) is 4.68 Å². The third-order valence-electron chi connectivity index (χ3n) is 3.20. The molecule has 2 aromatic rings. The van der Waals surface area contributed by atoms with Gasteiger partial charge >= 0.3 is 0 Å². The van der Waals surface area contributed by atoms with Gasteiger partial charge in [-0.1, -0.05) is 29.3 Å². The normalized spacial score (nSPS) is 10.9. The predicted molar refractivity (Wildman–Crippen MR) is 97.4 cm³/mol. The highest BCUT2D eigenvalue weighted by Crippen LogP contribution is 2.31.